The maximum absolute atomic E-state index is 11.2. The van der Waals surface area contributed by atoms with Crippen molar-refractivity contribution >= 4 is 31.5 Å². The summed E-state index contributed by atoms with van der Waals surface area (Å²) in [6, 6.07) is 5.16. The highest BCUT2D eigenvalue weighted by molar-refractivity contribution is 8.13. The van der Waals surface area contributed by atoms with Crippen LogP contribution in [0.4, 0.5) is 0 Å². The molecule has 0 saturated heterocycles. The van der Waals surface area contributed by atoms with Gasteiger partial charge in [0.05, 0.1) is 4.90 Å². The zero-order valence-corrected chi connectivity index (χ0v) is 10.3. The summed E-state index contributed by atoms with van der Waals surface area (Å²) < 4.78 is 22.3. The molecule has 0 amide bonds. The molecule has 0 aliphatic heterocycles. The highest BCUT2D eigenvalue weighted by Gasteiger charge is 2.14. The van der Waals surface area contributed by atoms with E-state index < -0.39 is 9.05 Å². The molecule has 0 heterocycles. The maximum Gasteiger partial charge on any atom is 0.261 e. The van der Waals surface area contributed by atoms with Gasteiger partial charge >= 0.3 is 0 Å². The molecule has 0 aromatic heterocycles. The second-order valence-electron chi connectivity index (χ2n) is 2.91. The van der Waals surface area contributed by atoms with Crippen LogP contribution in [0, 0.1) is 6.92 Å². The van der Waals surface area contributed by atoms with Crippen LogP contribution in [0.5, 0.6) is 0 Å². The molecular formula is C9H11ClO2S2. The Morgan fingerprint density at radius 1 is 1.43 bits per heavy atom. The van der Waals surface area contributed by atoms with E-state index in [1.54, 1.807) is 24.8 Å². The van der Waals surface area contributed by atoms with Crippen LogP contribution in [0.3, 0.4) is 0 Å². The van der Waals surface area contributed by atoms with E-state index in [9.17, 15) is 8.42 Å². The van der Waals surface area contributed by atoms with Crippen molar-refractivity contribution in [1.29, 1.82) is 0 Å². The molecule has 0 aliphatic rings. The SMILES string of the molecule is CSCc1cccc(S(=O)(=O)Cl)c1C. The largest absolute Gasteiger partial charge is 0.261 e. The normalized spacial score (nSPS) is 11.6. The van der Waals surface area contributed by atoms with Crippen molar-refractivity contribution in [2.45, 2.75) is 17.6 Å². The van der Waals surface area contributed by atoms with Crippen LogP contribution in [0.25, 0.3) is 0 Å². The lowest BCUT2D eigenvalue weighted by molar-refractivity contribution is 0.609. The highest BCUT2D eigenvalue weighted by Crippen LogP contribution is 2.24. The van der Waals surface area contributed by atoms with E-state index in [2.05, 4.69) is 0 Å². The number of rotatable bonds is 3. The Morgan fingerprint density at radius 2 is 2.07 bits per heavy atom. The summed E-state index contributed by atoms with van der Waals surface area (Å²) in [6.07, 6.45) is 1.97. The third-order valence-corrected chi connectivity index (χ3v) is 4.02. The first-order valence-corrected chi connectivity index (χ1v) is 7.69. The molecule has 0 spiro atoms. The maximum atomic E-state index is 11.2. The van der Waals surface area contributed by atoms with Crippen LogP contribution >= 0.6 is 22.4 Å². The molecular weight excluding hydrogens is 240 g/mol. The van der Waals surface area contributed by atoms with E-state index in [4.69, 9.17) is 10.7 Å². The zero-order valence-electron chi connectivity index (χ0n) is 7.95. The summed E-state index contributed by atoms with van der Waals surface area (Å²) in [5.41, 5.74) is 1.76. The van der Waals surface area contributed by atoms with Crippen molar-refractivity contribution in [3.8, 4) is 0 Å². The van der Waals surface area contributed by atoms with Gasteiger partial charge < -0.3 is 0 Å². The average Bonchev–Trinajstić information content (AvgIpc) is 2.07. The third kappa shape index (κ3) is 2.65. The van der Waals surface area contributed by atoms with Crippen molar-refractivity contribution in [2.24, 2.45) is 0 Å². The summed E-state index contributed by atoms with van der Waals surface area (Å²) in [4.78, 5) is 0.214. The summed E-state index contributed by atoms with van der Waals surface area (Å²) in [5.74, 6) is 0.798. The Morgan fingerprint density at radius 3 is 2.57 bits per heavy atom. The highest BCUT2D eigenvalue weighted by atomic mass is 35.7. The second-order valence-corrected chi connectivity index (χ2v) is 6.31. The van der Waals surface area contributed by atoms with Crippen molar-refractivity contribution in [3.63, 3.8) is 0 Å². The molecule has 0 fully saturated rings. The van der Waals surface area contributed by atoms with Gasteiger partial charge in [-0.3, -0.25) is 0 Å². The molecule has 1 aromatic rings. The minimum absolute atomic E-state index is 0.214. The van der Waals surface area contributed by atoms with Gasteiger partial charge in [0.2, 0.25) is 0 Å². The molecule has 0 N–H and O–H groups in total. The van der Waals surface area contributed by atoms with Crippen LogP contribution in [0.2, 0.25) is 0 Å². The molecule has 78 valence electrons. The number of thioether (sulfide) groups is 1. The van der Waals surface area contributed by atoms with Gasteiger partial charge in [-0.25, -0.2) is 8.42 Å². The molecule has 1 aromatic carbocycles. The molecule has 0 aliphatic carbocycles. The number of hydrogen-bond donors (Lipinski definition) is 0. The molecule has 0 atom stereocenters. The van der Waals surface area contributed by atoms with E-state index in [0.29, 0.717) is 0 Å². The lowest BCUT2D eigenvalue weighted by Crippen LogP contribution is -1.97. The minimum atomic E-state index is -3.61. The molecule has 0 unspecified atom stereocenters. The Labute approximate surface area is 93.1 Å². The quantitative estimate of drug-likeness (QED) is 0.774. The molecule has 1 rings (SSSR count). The van der Waals surface area contributed by atoms with Gasteiger partial charge in [-0.05, 0) is 30.4 Å². The van der Waals surface area contributed by atoms with E-state index in [1.165, 1.54) is 6.07 Å². The van der Waals surface area contributed by atoms with E-state index in [1.807, 2.05) is 12.3 Å². The summed E-state index contributed by atoms with van der Waals surface area (Å²) >= 11 is 1.65. The van der Waals surface area contributed by atoms with Gasteiger partial charge in [0.25, 0.3) is 9.05 Å². The summed E-state index contributed by atoms with van der Waals surface area (Å²) in [5, 5.41) is 0. The first-order chi connectivity index (χ1) is 6.46. The predicted octanol–water partition coefficient (Wildman–Crippen LogP) is 2.79. The van der Waals surface area contributed by atoms with Gasteiger partial charge in [0, 0.05) is 16.4 Å². The lowest BCUT2D eigenvalue weighted by atomic mass is 10.1. The fourth-order valence-corrected chi connectivity index (χ4v) is 3.10. The smallest absolute Gasteiger partial charge is 0.207 e. The van der Waals surface area contributed by atoms with Gasteiger partial charge in [0.15, 0.2) is 0 Å². The fourth-order valence-electron chi connectivity index (χ4n) is 1.24. The van der Waals surface area contributed by atoms with Crippen molar-refractivity contribution in [2.75, 3.05) is 6.26 Å². The van der Waals surface area contributed by atoms with Crippen LogP contribution in [-0.4, -0.2) is 14.7 Å². The molecule has 0 radical (unpaired) electrons. The lowest BCUT2D eigenvalue weighted by Gasteiger charge is -2.07. The van der Waals surface area contributed by atoms with E-state index in [0.717, 1.165) is 16.9 Å². The van der Waals surface area contributed by atoms with E-state index in [-0.39, 0.29) is 4.90 Å². The molecule has 0 bridgehead atoms. The zero-order chi connectivity index (χ0) is 10.8. The first-order valence-electron chi connectivity index (χ1n) is 3.99. The minimum Gasteiger partial charge on any atom is -0.207 e. The van der Waals surface area contributed by atoms with Gasteiger partial charge in [0.1, 0.15) is 0 Å². The third-order valence-electron chi connectivity index (χ3n) is 1.96. The summed E-state index contributed by atoms with van der Waals surface area (Å²) in [6.45, 7) is 1.78. The monoisotopic (exact) mass is 250 g/mol. The Kier molecular flexibility index (Phi) is 3.86. The molecule has 14 heavy (non-hydrogen) atoms. The van der Waals surface area contributed by atoms with Gasteiger partial charge in [-0.15, -0.1) is 0 Å². The van der Waals surface area contributed by atoms with Gasteiger partial charge in [-0.1, -0.05) is 12.1 Å². The number of benzene rings is 1. The number of hydrogen-bond acceptors (Lipinski definition) is 3. The molecule has 2 nitrogen and oxygen atoms in total. The topological polar surface area (TPSA) is 34.1 Å². The van der Waals surface area contributed by atoms with Crippen LogP contribution in [0.1, 0.15) is 11.1 Å². The van der Waals surface area contributed by atoms with Crippen molar-refractivity contribution in [3.05, 3.63) is 29.3 Å². The van der Waals surface area contributed by atoms with Crippen LogP contribution in [0.15, 0.2) is 23.1 Å². The summed E-state index contributed by atoms with van der Waals surface area (Å²) in [7, 11) is 1.69. The van der Waals surface area contributed by atoms with E-state index >= 15 is 0 Å². The van der Waals surface area contributed by atoms with Crippen molar-refractivity contribution in [1.82, 2.24) is 0 Å². The first kappa shape index (κ1) is 11.9. The van der Waals surface area contributed by atoms with Gasteiger partial charge in [-0.2, -0.15) is 11.8 Å². The Balaban J connectivity index is 3.28. The fraction of sp³-hybridized carbons (Fsp3) is 0.333. The van der Waals surface area contributed by atoms with Crippen LogP contribution in [-0.2, 0) is 14.8 Å². The molecule has 0 saturated carbocycles. The van der Waals surface area contributed by atoms with Crippen LogP contribution < -0.4 is 0 Å². The standard InChI is InChI=1S/C9H11ClO2S2/c1-7-8(6-13-2)4-3-5-9(7)14(10,11)12/h3-5H,6H2,1-2H3. The Bertz CT molecular complexity index is 426. The van der Waals surface area contributed by atoms with Crippen molar-refractivity contribution < 1.29 is 8.42 Å². The number of halogens is 1. The average molecular weight is 251 g/mol. The second kappa shape index (κ2) is 4.55. The predicted molar refractivity (Wildman–Crippen MR) is 61.4 cm³/mol. The Hall–Kier alpha value is -0.190. The molecule has 5 heteroatoms.